The molecular formula is C29H39ClO7S2. The molecule has 1 saturated heterocycles. The van der Waals surface area contributed by atoms with Crippen LogP contribution in [0.15, 0.2) is 23.8 Å². The van der Waals surface area contributed by atoms with Crippen LogP contribution >= 0.6 is 22.4 Å². The molecule has 5 rings (SSSR count). The molecule has 0 aromatic carbocycles. The van der Waals surface area contributed by atoms with Crippen LogP contribution in [-0.4, -0.2) is 55.8 Å². The highest BCUT2D eigenvalue weighted by Crippen LogP contribution is 2.68. The number of allylic oxidation sites excluding steroid dienone is 4. The molecule has 4 fully saturated rings. The van der Waals surface area contributed by atoms with Gasteiger partial charge in [-0.1, -0.05) is 54.3 Å². The molecule has 7 nitrogen and oxygen atoms in total. The van der Waals surface area contributed by atoms with E-state index in [-0.39, 0.29) is 36.0 Å². The van der Waals surface area contributed by atoms with Gasteiger partial charge in [-0.2, -0.15) is 0 Å². The predicted molar refractivity (Wildman–Crippen MR) is 151 cm³/mol. The van der Waals surface area contributed by atoms with Gasteiger partial charge in [-0.15, -0.1) is 0 Å². The monoisotopic (exact) mass is 598 g/mol. The summed E-state index contributed by atoms with van der Waals surface area (Å²) in [5.74, 6) is -0.263. The highest BCUT2D eigenvalue weighted by atomic mass is 35.5. The average Bonchev–Trinajstić information content (AvgIpc) is 3.42. The smallest absolute Gasteiger partial charge is 0.352 e. The highest BCUT2D eigenvalue weighted by molar-refractivity contribution is 8.69. The van der Waals surface area contributed by atoms with E-state index < -0.39 is 44.3 Å². The molecule has 10 heteroatoms. The molecule has 3 saturated carbocycles. The predicted octanol–water partition coefficient (Wildman–Crippen LogP) is 5.02. The van der Waals surface area contributed by atoms with Gasteiger partial charge in [0.05, 0.1) is 15.9 Å². The maximum Gasteiger partial charge on any atom is 0.352 e. The Bertz CT molecular complexity index is 1110. The molecule has 1 unspecified atom stereocenters. The first-order valence-electron chi connectivity index (χ1n) is 14.2. The zero-order valence-corrected chi connectivity index (χ0v) is 25.1. The zero-order valence-electron chi connectivity index (χ0n) is 22.7. The second kappa shape index (κ2) is 11.3. The Morgan fingerprint density at radius 3 is 2.74 bits per heavy atom. The zero-order chi connectivity index (χ0) is 28.0. The lowest BCUT2D eigenvalue weighted by molar-refractivity contribution is -0.212. The summed E-state index contributed by atoms with van der Waals surface area (Å²) >= 11 is 5.82. The first kappa shape index (κ1) is 29.3. The van der Waals surface area contributed by atoms with E-state index in [1.54, 1.807) is 12.2 Å². The van der Waals surface area contributed by atoms with E-state index in [9.17, 15) is 23.7 Å². The van der Waals surface area contributed by atoms with Crippen LogP contribution in [0.3, 0.4) is 0 Å². The van der Waals surface area contributed by atoms with Crippen LogP contribution in [0.1, 0.15) is 78.1 Å². The van der Waals surface area contributed by atoms with E-state index in [1.165, 1.54) is 10.8 Å². The number of carbonyl (C=O) groups is 3. The number of carbonyl (C=O) groups excluding carboxylic acids is 3. The third-order valence-electron chi connectivity index (χ3n) is 10.4. The molecule has 4 aliphatic carbocycles. The largest absolute Gasteiger partial charge is 0.446 e. The summed E-state index contributed by atoms with van der Waals surface area (Å²) in [5, 5.41) is 12.0. The van der Waals surface area contributed by atoms with Crippen molar-refractivity contribution in [3.8, 4) is 0 Å². The molecule has 1 aliphatic heterocycles. The standard InChI is InChI=1S/C29H39ClO7S2/c1-27-12-9-19(31)15-18(27)7-8-21-22-10-13-29(26(34)36-17-30,28(22,2)16-23(32)25(21)27)37-24(33)6-4-3-5-20-11-14-39(35)38-20/h9,12,15,20-23,25,32H,3-8,10-11,13-14,16-17H2,1-2H3/t20-,21+,22+,23+,25-,27+,28+,29+,39?/m1/s1. The second-order valence-electron chi connectivity index (χ2n) is 12.4. The number of halogens is 1. The van der Waals surface area contributed by atoms with E-state index in [2.05, 4.69) is 6.92 Å². The second-order valence-corrected chi connectivity index (χ2v) is 16.1. The van der Waals surface area contributed by atoms with Crippen LogP contribution in [-0.2, 0) is 33.7 Å². The van der Waals surface area contributed by atoms with Gasteiger partial charge in [-0.3, -0.25) is 9.59 Å². The number of hydrogen-bond donors (Lipinski definition) is 1. The van der Waals surface area contributed by atoms with Crippen LogP contribution in [0.25, 0.3) is 0 Å². The lowest BCUT2D eigenvalue weighted by atomic mass is 9.46. The molecule has 39 heavy (non-hydrogen) atoms. The topological polar surface area (TPSA) is 107 Å². The van der Waals surface area contributed by atoms with Crippen molar-refractivity contribution in [1.29, 1.82) is 0 Å². The molecule has 0 aromatic rings. The van der Waals surface area contributed by atoms with Gasteiger partial charge >= 0.3 is 11.9 Å². The number of ketones is 1. The Morgan fingerprint density at radius 2 is 2.03 bits per heavy atom. The SMILES string of the molecule is C[C@]12C=CC(=O)C=C1CC[C@@H]1[C@@H]2[C@@H](O)C[C@@]2(C)[C@H]1CC[C@]2(OC(=O)CCCC[C@@H]1CCS(=O)S1)C(=O)OCCl. The fourth-order valence-electron chi connectivity index (χ4n) is 8.58. The van der Waals surface area contributed by atoms with E-state index in [1.807, 2.05) is 13.0 Å². The van der Waals surface area contributed by atoms with Crippen molar-refractivity contribution < 1.29 is 33.2 Å². The fraction of sp³-hybridized carbons (Fsp3) is 0.759. The van der Waals surface area contributed by atoms with Crippen molar-refractivity contribution in [3.63, 3.8) is 0 Å². The number of aliphatic hydroxyl groups excluding tert-OH is 1. The fourth-order valence-corrected chi connectivity index (χ4v) is 12.2. The van der Waals surface area contributed by atoms with Gasteiger partial charge in [0.2, 0.25) is 5.60 Å². The number of ether oxygens (including phenoxy) is 2. The molecule has 0 aromatic heterocycles. The molecule has 0 spiro atoms. The summed E-state index contributed by atoms with van der Waals surface area (Å²) < 4.78 is 23.1. The van der Waals surface area contributed by atoms with Crippen molar-refractivity contribution in [2.24, 2.45) is 28.6 Å². The number of aliphatic hydroxyl groups is 1. The van der Waals surface area contributed by atoms with Gasteiger partial charge in [-0.25, -0.2) is 9.00 Å². The lowest BCUT2D eigenvalue weighted by Gasteiger charge is -2.59. The Labute approximate surface area is 241 Å². The van der Waals surface area contributed by atoms with E-state index in [4.69, 9.17) is 21.1 Å². The highest BCUT2D eigenvalue weighted by Gasteiger charge is 2.71. The van der Waals surface area contributed by atoms with Crippen LogP contribution in [0, 0.1) is 28.6 Å². The molecule has 9 atom stereocenters. The molecule has 5 aliphatic rings. The van der Waals surface area contributed by atoms with E-state index >= 15 is 0 Å². The van der Waals surface area contributed by atoms with Crippen molar-refractivity contribution in [2.75, 3.05) is 11.8 Å². The van der Waals surface area contributed by atoms with Gasteiger partial charge in [0.1, 0.15) is 0 Å². The quantitative estimate of drug-likeness (QED) is 0.180. The Morgan fingerprint density at radius 1 is 1.23 bits per heavy atom. The first-order chi connectivity index (χ1) is 18.5. The number of esters is 2. The maximum atomic E-state index is 13.5. The van der Waals surface area contributed by atoms with Crippen molar-refractivity contribution in [2.45, 2.75) is 95.0 Å². The molecule has 1 heterocycles. The molecule has 0 amide bonds. The van der Waals surface area contributed by atoms with Crippen LogP contribution in [0.4, 0.5) is 0 Å². The maximum absolute atomic E-state index is 13.5. The van der Waals surface area contributed by atoms with Gasteiger partial charge in [0.15, 0.2) is 11.8 Å². The van der Waals surface area contributed by atoms with Crippen LogP contribution < -0.4 is 0 Å². The number of rotatable bonds is 8. The number of fused-ring (bicyclic) bond motifs is 5. The Hall–Kier alpha value is -1.16. The number of alkyl halides is 1. The van der Waals surface area contributed by atoms with Crippen molar-refractivity contribution in [1.82, 2.24) is 0 Å². The minimum atomic E-state index is -1.50. The Balaban J connectivity index is 1.34. The lowest BCUT2D eigenvalue weighted by Crippen LogP contribution is -2.62. The summed E-state index contributed by atoms with van der Waals surface area (Å²) in [5.41, 5.74) is -1.65. The minimum absolute atomic E-state index is 0.0105. The third-order valence-corrected chi connectivity index (χ3v) is 14.0. The molecule has 0 bridgehead atoms. The molecule has 1 N–H and O–H groups in total. The molecule has 216 valence electrons. The first-order valence-corrected chi connectivity index (χ1v) is 17.4. The number of unbranched alkanes of at least 4 members (excludes halogenated alkanes) is 1. The van der Waals surface area contributed by atoms with E-state index in [0.29, 0.717) is 30.9 Å². The van der Waals surface area contributed by atoms with Crippen LogP contribution in [0.5, 0.6) is 0 Å². The summed E-state index contributed by atoms with van der Waals surface area (Å²) in [4.78, 5) is 38.8. The average molecular weight is 599 g/mol. The minimum Gasteiger partial charge on any atom is -0.446 e. The van der Waals surface area contributed by atoms with Gasteiger partial charge in [0, 0.05) is 34.2 Å². The van der Waals surface area contributed by atoms with Gasteiger partial charge in [0.25, 0.3) is 0 Å². The van der Waals surface area contributed by atoms with Gasteiger partial charge < -0.3 is 14.6 Å². The summed E-state index contributed by atoms with van der Waals surface area (Å²) in [6, 6.07) is -0.334. The third kappa shape index (κ3) is 5.08. The summed E-state index contributed by atoms with van der Waals surface area (Å²) in [6.45, 7) is 4.08. The van der Waals surface area contributed by atoms with Crippen LogP contribution in [0.2, 0.25) is 0 Å². The van der Waals surface area contributed by atoms with E-state index in [0.717, 1.165) is 43.4 Å². The van der Waals surface area contributed by atoms with Crippen molar-refractivity contribution >= 4 is 49.9 Å². The summed E-state index contributed by atoms with van der Waals surface area (Å²) in [7, 11) is 0.737. The number of hydrogen-bond acceptors (Lipinski definition) is 8. The normalized spacial score (nSPS) is 42.8. The van der Waals surface area contributed by atoms with Gasteiger partial charge in [-0.05, 0) is 75.4 Å². The Kier molecular flexibility index (Phi) is 8.47. The molecule has 0 radical (unpaired) electrons. The molecular weight excluding hydrogens is 560 g/mol. The summed E-state index contributed by atoms with van der Waals surface area (Å²) in [6.07, 6.45) is 10.9. The van der Waals surface area contributed by atoms with Crippen molar-refractivity contribution in [3.05, 3.63) is 23.8 Å².